The lowest BCUT2D eigenvalue weighted by molar-refractivity contribution is -0.309. The molecule has 1 saturated heterocycles. The second-order valence-corrected chi connectivity index (χ2v) is 8.27. The number of carbonyl (C=O) groups is 4. The Morgan fingerprint density at radius 1 is 1.15 bits per heavy atom. The quantitative estimate of drug-likeness (QED) is 0.655. The number of anilines is 1. The molecule has 0 aromatic heterocycles. The molecular weight excluding hydrogens is 426 g/mol. The van der Waals surface area contributed by atoms with Crippen LogP contribution in [0.15, 0.2) is 36.4 Å². The van der Waals surface area contributed by atoms with Crippen LogP contribution in [0.2, 0.25) is 0 Å². The van der Waals surface area contributed by atoms with Gasteiger partial charge in [0.15, 0.2) is 0 Å². The van der Waals surface area contributed by atoms with E-state index in [2.05, 4.69) is 10.6 Å². The van der Waals surface area contributed by atoms with Crippen LogP contribution in [-0.2, 0) is 19.1 Å². The second kappa shape index (κ2) is 9.03. The van der Waals surface area contributed by atoms with Gasteiger partial charge < -0.3 is 30.2 Å². The predicted molar refractivity (Wildman–Crippen MR) is 117 cm³/mol. The molecule has 4 rings (SSSR count). The molecule has 2 aromatic rings. The number of aliphatic carboxylic acids is 1. The molecule has 0 saturated carbocycles. The van der Waals surface area contributed by atoms with E-state index >= 15 is 0 Å². The van der Waals surface area contributed by atoms with Crippen molar-refractivity contribution in [3.63, 3.8) is 0 Å². The lowest BCUT2D eigenvalue weighted by atomic mass is 9.95. The third kappa shape index (κ3) is 4.45. The lowest BCUT2D eigenvalue weighted by Gasteiger charge is -2.25. The van der Waals surface area contributed by atoms with E-state index in [1.54, 1.807) is 12.1 Å². The molecule has 2 atom stereocenters. The van der Waals surface area contributed by atoms with Crippen molar-refractivity contribution >= 4 is 29.4 Å². The first-order chi connectivity index (χ1) is 15.8. The predicted octanol–water partition coefficient (Wildman–Crippen LogP) is 0.388. The molecule has 172 valence electrons. The highest BCUT2D eigenvalue weighted by atomic mass is 16.5. The molecule has 2 N–H and O–H groups in total. The van der Waals surface area contributed by atoms with E-state index in [0.29, 0.717) is 24.2 Å². The number of fused-ring (bicyclic) bond motifs is 2. The van der Waals surface area contributed by atoms with Crippen LogP contribution in [0.1, 0.15) is 27.9 Å². The fraction of sp³-hybridized carbons (Fsp3) is 0.333. The number of carboxylic acid groups (broad SMARTS) is 1. The van der Waals surface area contributed by atoms with Crippen LogP contribution in [0, 0.1) is 13.8 Å². The van der Waals surface area contributed by atoms with Gasteiger partial charge in [-0.2, -0.15) is 0 Å². The molecule has 2 aliphatic rings. The summed E-state index contributed by atoms with van der Waals surface area (Å²) in [5.41, 5.74) is 4.98. The minimum Gasteiger partial charge on any atom is -0.548 e. The maximum atomic E-state index is 13.4. The molecule has 0 unspecified atom stereocenters. The number of carboxylic acids is 1. The van der Waals surface area contributed by atoms with E-state index in [9.17, 15) is 24.3 Å². The molecule has 2 aromatic carbocycles. The third-order valence-electron chi connectivity index (χ3n) is 6.15. The number of nitrogens with one attached hydrogen (secondary N) is 2. The maximum absolute atomic E-state index is 13.4. The van der Waals surface area contributed by atoms with Crippen molar-refractivity contribution in [1.29, 1.82) is 0 Å². The van der Waals surface area contributed by atoms with Crippen molar-refractivity contribution < 1.29 is 29.0 Å². The molecule has 0 bridgehead atoms. The minimum atomic E-state index is -1.43. The Balaban J connectivity index is 1.56. The first-order valence-corrected chi connectivity index (χ1v) is 10.7. The number of carbonyl (C=O) groups excluding carboxylic acids is 4. The van der Waals surface area contributed by atoms with Crippen LogP contribution in [0.3, 0.4) is 0 Å². The highest BCUT2D eigenvalue weighted by molar-refractivity contribution is 6.11. The second-order valence-electron chi connectivity index (χ2n) is 8.27. The zero-order chi connectivity index (χ0) is 23.7. The Morgan fingerprint density at radius 3 is 2.70 bits per heavy atom. The van der Waals surface area contributed by atoms with E-state index in [0.717, 1.165) is 22.3 Å². The van der Waals surface area contributed by atoms with Gasteiger partial charge in [-0.3, -0.25) is 14.4 Å². The maximum Gasteiger partial charge on any atom is 0.256 e. The van der Waals surface area contributed by atoms with Gasteiger partial charge >= 0.3 is 0 Å². The van der Waals surface area contributed by atoms with E-state index < -0.39 is 37.2 Å². The van der Waals surface area contributed by atoms with Gasteiger partial charge in [0, 0.05) is 6.54 Å². The number of hydrogen-bond donors (Lipinski definition) is 2. The molecule has 0 radical (unpaired) electrons. The Morgan fingerprint density at radius 2 is 1.94 bits per heavy atom. The number of amides is 3. The molecule has 2 heterocycles. The first kappa shape index (κ1) is 22.5. The highest BCUT2D eigenvalue weighted by Gasteiger charge is 2.45. The number of rotatable bonds is 6. The van der Waals surface area contributed by atoms with Crippen LogP contribution < -0.4 is 15.7 Å². The van der Waals surface area contributed by atoms with Crippen molar-refractivity contribution in [3.05, 3.63) is 53.1 Å². The van der Waals surface area contributed by atoms with Crippen LogP contribution in [0.4, 0.5) is 5.69 Å². The molecule has 33 heavy (non-hydrogen) atoms. The number of benzene rings is 2. The summed E-state index contributed by atoms with van der Waals surface area (Å²) in [6.07, 6.45) is 0.391. The van der Waals surface area contributed by atoms with Crippen LogP contribution in [0.5, 0.6) is 0 Å². The summed E-state index contributed by atoms with van der Waals surface area (Å²) in [4.78, 5) is 50.4. The number of ether oxygens (including phenoxy) is 1. The van der Waals surface area contributed by atoms with Gasteiger partial charge in [-0.25, -0.2) is 0 Å². The van der Waals surface area contributed by atoms with Gasteiger partial charge in [-0.1, -0.05) is 24.3 Å². The summed E-state index contributed by atoms with van der Waals surface area (Å²) in [7, 11) is 0. The van der Waals surface area contributed by atoms with Crippen molar-refractivity contribution in [2.75, 3.05) is 25.1 Å². The van der Waals surface area contributed by atoms with Crippen LogP contribution in [-0.4, -0.2) is 60.4 Å². The van der Waals surface area contributed by atoms with Crippen LogP contribution >= 0.6 is 0 Å². The Bertz CT molecular complexity index is 1150. The largest absolute Gasteiger partial charge is 0.548 e. The van der Waals surface area contributed by atoms with Crippen molar-refractivity contribution in [1.82, 2.24) is 10.2 Å². The van der Waals surface area contributed by atoms with Gasteiger partial charge in [0.25, 0.3) is 5.91 Å². The Kier molecular flexibility index (Phi) is 6.15. The van der Waals surface area contributed by atoms with E-state index in [1.807, 2.05) is 38.1 Å². The van der Waals surface area contributed by atoms with Gasteiger partial charge in [0.05, 0.1) is 29.9 Å². The molecule has 9 heteroatoms. The zero-order valence-corrected chi connectivity index (χ0v) is 18.3. The van der Waals surface area contributed by atoms with E-state index in [1.165, 1.54) is 4.90 Å². The number of nitrogens with zero attached hydrogens (tertiary/aromatic N) is 1. The smallest absolute Gasteiger partial charge is 0.256 e. The monoisotopic (exact) mass is 450 g/mol. The zero-order valence-electron chi connectivity index (χ0n) is 18.3. The van der Waals surface area contributed by atoms with Gasteiger partial charge in [0.2, 0.25) is 11.8 Å². The van der Waals surface area contributed by atoms with E-state index in [-0.39, 0.29) is 11.8 Å². The summed E-state index contributed by atoms with van der Waals surface area (Å²) < 4.78 is 4.74. The standard InChI is InChI=1S/C24H25N3O6/c1-13-4-3-5-16(14(13)2)15-6-7-18-17(10-15)24(32)27-9-8-19(22(27)23(31)26-18)25-20(28)11-33-12-21(29)30/h3-7,10,19,22H,8-9,11-12H2,1-2H3,(H,25,28)(H,26,31)(H,29,30)/p-1/t19-,22-/m0/s1. The molecule has 0 aliphatic carbocycles. The molecule has 1 fully saturated rings. The average Bonchev–Trinajstić information content (AvgIpc) is 3.14. The Hall–Kier alpha value is -3.72. The fourth-order valence-electron chi connectivity index (χ4n) is 4.39. The number of hydrogen-bond acceptors (Lipinski definition) is 6. The Labute approximate surface area is 190 Å². The van der Waals surface area contributed by atoms with Gasteiger partial charge in [-0.05, 0) is 54.7 Å². The molecule has 0 spiro atoms. The highest BCUT2D eigenvalue weighted by Crippen LogP contribution is 2.33. The average molecular weight is 450 g/mol. The summed E-state index contributed by atoms with van der Waals surface area (Å²) in [5.74, 6) is -2.67. The molecule has 3 amide bonds. The molecule has 9 nitrogen and oxygen atoms in total. The third-order valence-corrected chi connectivity index (χ3v) is 6.15. The SMILES string of the molecule is Cc1cccc(-c2ccc3c(c2)C(=O)N2CC[C@H](NC(=O)COCC(=O)[O-])[C@H]2C(=O)N3)c1C. The topological polar surface area (TPSA) is 128 Å². The summed E-state index contributed by atoms with van der Waals surface area (Å²) in [6.45, 7) is 3.17. The van der Waals surface area contributed by atoms with Crippen molar-refractivity contribution in [3.8, 4) is 11.1 Å². The van der Waals surface area contributed by atoms with Crippen molar-refractivity contribution in [2.45, 2.75) is 32.4 Å². The summed E-state index contributed by atoms with van der Waals surface area (Å²) in [6, 6.07) is 9.90. The van der Waals surface area contributed by atoms with E-state index in [4.69, 9.17) is 4.74 Å². The van der Waals surface area contributed by atoms with Gasteiger partial charge in [0.1, 0.15) is 12.6 Å². The summed E-state index contributed by atoms with van der Waals surface area (Å²) in [5, 5.41) is 15.9. The summed E-state index contributed by atoms with van der Waals surface area (Å²) >= 11 is 0. The first-order valence-electron chi connectivity index (χ1n) is 10.7. The molecular formula is C24H24N3O6-. The minimum absolute atomic E-state index is 0.287. The molecule has 2 aliphatic heterocycles. The van der Waals surface area contributed by atoms with Crippen LogP contribution in [0.25, 0.3) is 11.1 Å². The van der Waals surface area contributed by atoms with Crippen molar-refractivity contribution in [2.24, 2.45) is 0 Å². The lowest BCUT2D eigenvalue weighted by Crippen LogP contribution is -2.52. The number of aryl methyl sites for hydroxylation is 1. The normalized spacial score (nSPS) is 19.4. The fourth-order valence-corrected chi connectivity index (χ4v) is 4.39. The van der Waals surface area contributed by atoms with Gasteiger partial charge in [-0.15, -0.1) is 0 Å².